The van der Waals surface area contributed by atoms with Crippen molar-refractivity contribution in [3.05, 3.63) is 47.5 Å². The molecule has 2 nitrogen and oxygen atoms in total. The number of hydrogen-bond acceptors (Lipinski definition) is 2. The van der Waals surface area contributed by atoms with E-state index in [-0.39, 0.29) is 12.1 Å². The smallest absolute Gasteiger partial charge is 0.334 e. The first-order chi connectivity index (χ1) is 9.25. The van der Waals surface area contributed by atoms with Gasteiger partial charge >= 0.3 is 5.97 Å². The van der Waals surface area contributed by atoms with Crippen LogP contribution in [0.1, 0.15) is 38.2 Å². The molecular formula is C17H18O2. The molecule has 0 saturated heterocycles. The molecule has 0 N–H and O–H groups in total. The van der Waals surface area contributed by atoms with Crippen molar-refractivity contribution in [2.75, 3.05) is 0 Å². The monoisotopic (exact) mass is 254 g/mol. The van der Waals surface area contributed by atoms with E-state index in [9.17, 15) is 4.79 Å². The highest BCUT2D eigenvalue weighted by molar-refractivity contribution is 5.88. The fraction of sp³-hybridized carbons (Fsp3) is 0.353. The van der Waals surface area contributed by atoms with Crippen molar-refractivity contribution >= 4 is 5.97 Å². The molecule has 0 spiro atoms. The lowest BCUT2D eigenvalue weighted by molar-refractivity contribution is -0.141. The zero-order chi connectivity index (χ0) is 13.5. The molecule has 0 aliphatic heterocycles. The zero-order valence-electron chi connectivity index (χ0n) is 11.2. The largest absolute Gasteiger partial charge is 0.446 e. The van der Waals surface area contributed by atoms with Crippen LogP contribution in [0.25, 0.3) is 0 Å². The summed E-state index contributed by atoms with van der Waals surface area (Å²) < 4.78 is 5.33. The first-order valence-corrected chi connectivity index (χ1v) is 6.72. The summed E-state index contributed by atoms with van der Waals surface area (Å²) in [5.41, 5.74) is 1.74. The number of esters is 1. The molecule has 1 aliphatic rings. The molecule has 0 aromatic heterocycles. The number of allylic oxidation sites excluding steroid dienone is 1. The third kappa shape index (κ3) is 4.30. The molecule has 0 radical (unpaired) electrons. The van der Waals surface area contributed by atoms with Crippen molar-refractivity contribution in [3.8, 4) is 11.8 Å². The van der Waals surface area contributed by atoms with Gasteiger partial charge < -0.3 is 4.74 Å². The van der Waals surface area contributed by atoms with Gasteiger partial charge in [-0.25, -0.2) is 4.79 Å². The van der Waals surface area contributed by atoms with Gasteiger partial charge in [0.15, 0.2) is 6.10 Å². The van der Waals surface area contributed by atoms with E-state index >= 15 is 0 Å². The Morgan fingerprint density at radius 1 is 1.26 bits per heavy atom. The number of benzene rings is 1. The molecule has 0 amide bonds. The summed E-state index contributed by atoms with van der Waals surface area (Å²) in [7, 11) is 0. The van der Waals surface area contributed by atoms with Crippen LogP contribution in [-0.4, -0.2) is 12.1 Å². The summed E-state index contributed by atoms with van der Waals surface area (Å²) in [6, 6.07) is 9.70. The van der Waals surface area contributed by atoms with Gasteiger partial charge in [0, 0.05) is 11.1 Å². The Morgan fingerprint density at radius 2 is 2.05 bits per heavy atom. The van der Waals surface area contributed by atoms with E-state index in [2.05, 4.69) is 11.8 Å². The molecule has 0 fully saturated rings. The molecule has 0 saturated carbocycles. The first kappa shape index (κ1) is 13.4. The van der Waals surface area contributed by atoms with E-state index in [0.29, 0.717) is 0 Å². The fourth-order valence-electron chi connectivity index (χ4n) is 2.00. The highest BCUT2D eigenvalue weighted by Gasteiger charge is 2.15. The van der Waals surface area contributed by atoms with Gasteiger partial charge in [-0.05, 0) is 44.7 Å². The first-order valence-electron chi connectivity index (χ1n) is 6.72. The van der Waals surface area contributed by atoms with E-state index < -0.39 is 0 Å². The van der Waals surface area contributed by atoms with Gasteiger partial charge in [0.05, 0.1) is 0 Å². The third-order valence-corrected chi connectivity index (χ3v) is 3.03. The Kier molecular flexibility index (Phi) is 4.80. The standard InChI is InChI=1S/C17H18O2/c1-14(12-13-15-8-4-2-5-9-15)19-17(18)16-10-6-3-7-11-16/h2,4-5,8-10,14H,3,6-7,11H2,1H3. The SMILES string of the molecule is CC(C#Cc1ccccc1)OC(=O)C1=CCCCC1. The Labute approximate surface area is 114 Å². The van der Waals surface area contributed by atoms with Crippen LogP contribution in [0.3, 0.4) is 0 Å². The molecule has 1 aliphatic carbocycles. The molecule has 1 unspecified atom stereocenters. The van der Waals surface area contributed by atoms with Gasteiger partial charge in [0.1, 0.15) is 0 Å². The van der Waals surface area contributed by atoms with E-state index in [4.69, 9.17) is 4.74 Å². The Bertz CT molecular complexity index is 517. The van der Waals surface area contributed by atoms with Crippen molar-refractivity contribution in [1.29, 1.82) is 0 Å². The van der Waals surface area contributed by atoms with E-state index in [1.807, 2.05) is 36.4 Å². The van der Waals surface area contributed by atoms with E-state index in [1.165, 1.54) is 6.42 Å². The topological polar surface area (TPSA) is 26.3 Å². The fourth-order valence-corrected chi connectivity index (χ4v) is 2.00. The molecule has 19 heavy (non-hydrogen) atoms. The van der Waals surface area contributed by atoms with E-state index in [1.54, 1.807) is 6.92 Å². The summed E-state index contributed by atoms with van der Waals surface area (Å²) in [6.07, 6.45) is 5.66. The summed E-state index contributed by atoms with van der Waals surface area (Å²) in [6.45, 7) is 1.80. The van der Waals surface area contributed by atoms with Crippen LogP contribution >= 0.6 is 0 Å². The molecule has 0 bridgehead atoms. The molecule has 1 atom stereocenters. The molecule has 1 aromatic rings. The summed E-state index contributed by atoms with van der Waals surface area (Å²) >= 11 is 0. The second-order valence-corrected chi connectivity index (χ2v) is 4.66. The maximum atomic E-state index is 11.9. The lowest BCUT2D eigenvalue weighted by atomic mass is 10.00. The number of rotatable bonds is 2. The number of carbonyl (C=O) groups is 1. The molecule has 0 heterocycles. The second-order valence-electron chi connectivity index (χ2n) is 4.66. The van der Waals surface area contributed by atoms with Crippen molar-refractivity contribution in [3.63, 3.8) is 0 Å². The van der Waals surface area contributed by atoms with Crippen LogP contribution in [0, 0.1) is 11.8 Å². The number of hydrogen-bond donors (Lipinski definition) is 0. The Morgan fingerprint density at radius 3 is 2.74 bits per heavy atom. The van der Waals surface area contributed by atoms with Crippen LogP contribution in [0.4, 0.5) is 0 Å². The van der Waals surface area contributed by atoms with Gasteiger partial charge in [-0.1, -0.05) is 36.1 Å². The van der Waals surface area contributed by atoms with Gasteiger partial charge in [-0.15, -0.1) is 0 Å². The molecular weight excluding hydrogens is 236 g/mol. The molecule has 1 aromatic carbocycles. The third-order valence-electron chi connectivity index (χ3n) is 3.03. The van der Waals surface area contributed by atoms with Crippen LogP contribution in [0.15, 0.2) is 42.0 Å². The number of carbonyl (C=O) groups excluding carboxylic acids is 1. The minimum Gasteiger partial charge on any atom is -0.446 e. The normalized spacial score (nSPS) is 15.7. The van der Waals surface area contributed by atoms with Crippen LogP contribution < -0.4 is 0 Å². The van der Waals surface area contributed by atoms with Gasteiger partial charge in [-0.3, -0.25) is 0 Å². The van der Waals surface area contributed by atoms with Crippen LogP contribution in [0.2, 0.25) is 0 Å². The van der Waals surface area contributed by atoms with Crippen LogP contribution in [-0.2, 0) is 9.53 Å². The summed E-state index contributed by atoms with van der Waals surface area (Å²) in [5, 5.41) is 0. The average molecular weight is 254 g/mol. The van der Waals surface area contributed by atoms with E-state index in [0.717, 1.165) is 30.4 Å². The van der Waals surface area contributed by atoms with Crippen molar-refractivity contribution < 1.29 is 9.53 Å². The Hall–Kier alpha value is -2.01. The lowest BCUT2D eigenvalue weighted by Crippen LogP contribution is -2.16. The zero-order valence-corrected chi connectivity index (χ0v) is 11.2. The Balaban J connectivity index is 1.91. The maximum absolute atomic E-state index is 11.9. The van der Waals surface area contributed by atoms with Gasteiger partial charge in [0.2, 0.25) is 0 Å². The highest BCUT2D eigenvalue weighted by Crippen LogP contribution is 2.18. The van der Waals surface area contributed by atoms with Crippen molar-refractivity contribution in [2.45, 2.75) is 38.7 Å². The second kappa shape index (κ2) is 6.80. The predicted octanol–water partition coefficient (Wildman–Crippen LogP) is 3.47. The summed E-state index contributed by atoms with van der Waals surface area (Å²) in [4.78, 5) is 11.9. The van der Waals surface area contributed by atoms with Gasteiger partial charge in [-0.2, -0.15) is 0 Å². The molecule has 2 heteroatoms. The number of ether oxygens (including phenoxy) is 1. The average Bonchev–Trinajstić information content (AvgIpc) is 2.47. The molecule has 98 valence electrons. The van der Waals surface area contributed by atoms with Gasteiger partial charge in [0.25, 0.3) is 0 Å². The van der Waals surface area contributed by atoms with Crippen molar-refractivity contribution in [1.82, 2.24) is 0 Å². The predicted molar refractivity (Wildman–Crippen MR) is 75.4 cm³/mol. The lowest BCUT2D eigenvalue weighted by Gasteiger charge is -2.13. The minimum absolute atomic E-state index is 0.213. The van der Waals surface area contributed by atoms with Crippen LogP contribution in [0.5, 0.6) is 0 Å². The quantitative estimate of drug-likeness (QED) is 0.596. The summed E-state index contributed by atoms with van der Waals surface area (Å²) in [5.74, 6) is 5.74. The van der Waals surface area contributed by atoms with Crippen molar-refractivity contribution in [2.24, 2.45) is 0 Å². The highest BCUT2D eigenvalue weighted by atomic mass is 16.5. The maximum Gasteiger partial charge on any atom is 0.334 e. The minimum atomic E-state index is -0.379. The molecule has 2 rings (SSSR count).